The minimum absolute atomic E-state index is 1.04. The highest BCUT2D eigenvalue weighted by atomic mass is 32.1. The molecule has 332 valence electrons. The number of thiophene rings is 1. The van der Waals surface area contributed by atoms with Crippen LogP contribution in [-0.2, 0) is 0 Å². The molecule has 6 heterocycles. The maximum Gasteiger partial charge on any atom is 0.114 e. The van der Waals surface area contributed by atoms with Gasteiger partial charge in [0, 0.05) is 29.8 Å². The fraction of sp³-hybridized carbons (Fsp3) is 0.458. The van der Waals surface area contributed by atoms with Crippen LogP contribution < -0.4 is 0 Å². The van der Waals surface area contributed by atoms with Crippen molar-refractivity contribution < 1.29 is 0 Å². The number of hydrogen-bond acceptors (Lipinski definition) is 12. The lowest BCUT2D eigenvalue weighted by atomic mass is 10.2. The van der Waals surface area contributed by atoms with E-state index in [1.54, 1.807) is 57.1 Å². The van der Waals surface area contributed by atoms with Crippen LogP contribution in [0.3, 0.4) is 0 Å². The van der Waals surface area contributed by atoms with Gasteiger partial charge in [0.1, 0.15) is 10.0 Å². The fourth-order valence-corrected chi connectivity index (χ4v) is 9.14. The van der Waals surface area contributed by atoms with Gasteiger partial charge in [-0.05, 0) is 155 Å². The fourth-order valence-electron chi connectivity index (χ4n) is 4.47. The molecule has 8 rings (SSSR count). The molecule has 0 radical (unpaired) electrons. The Morgan fingerprint density at radius 1 is 0.350 bits per heavy atom. The second kappa shape index (κ2) is 33.4. The Labute approximate surface area is 389 Å². The Morgan fingerprint density at radius 2 is 0.817 bits per heavy atom. The highest BCUT2D eigenvalue weighted by Crippen LogP contribution is 2.25. The van der Waals surface area contributed by atoms with Gasteiger partial charge in [-0.15, -0.1) is 55.5 Å². The molecule has 0 unspecified atom stereocenters. The number of para-hydroxylation sites is 1. The third-order valence-electron chi connectivity index (χ3n) is 8.04. The van der Waals surface area contributed by atoms with Crippen molar-refractivity contribution in [1.82, 2.24) is 28.9 Å². The number of aryl methyl sites for hydroxylation is 11. The molecule has 0 atom stereocenters. The molecule has 2 aromatic carbocycles. The van der Waals surface area contributed by atoms with Crippen molar-refractivity contribution in [2.24, 2.45) is 0 Å². The zero-order valence-corrected chi connectivity index (χ0v) is 45.7. The first kappa shape index (κ1) is 58.8. The average Bonchev–Trinajstić information content (AvgIpc) is 4.11. The smallest absolute Gasteiger partial charge is 0.114 e. The number of hydrogen-bond donors (Lipinski definition) is 0. The number of benzene rings is 2. The molecule has 0 bridgehead atoms. The van der Waals surface area contributed by atoms with Crippen LogP contribution >= 0.6 is 68.4 Å². The number of fused-ring (bicyclic) bond motifs is 2. The van der Waals surface area contributed by atoms with Crippen LogP contribution in [0, 0.1) is 96.9 Å². The summed E-state index contributed by atoms with van der Waals surface area (Å²) in [6, 6.07) is 16.4. The van der Waals surface area contributed by atoms with Crippen LogP contribution in [0.25, 0.3) is 21.1 Å². The zero-order valence-electron chi connectivity index (χ0n) is 40.8. The molecule has 12 heteroatoms. The van der Waals surface area contributed by atoms with Crippen LogP contribution in [0.5, 0.6) is 0 Å². The first-order valence-corrected chi connectivity index (χ1v) is 25.6. The van der Waals surface area contributed by atoms with Gasteiger partial charge in [0.15, 0.2) is 0 Å². The number of aromatic nitrogens is 6. The SMILES string of the molecule is CC.CC.CC.CC.Cc1nc(C)c(C)s1.Cc1nc2ccccc2s1.Cc1nnc(C)s1.Cc1nsc(C)c1C.Cc1sc(C)c(C)c1C.Cc1snc2ccccc12. The first-order chi connectivity index (χ1) is 28.6. The highest BCUT2D eigenvalue weighted by Gasteiger charge is 2.02. The summed E-state index contributed by atoms with van der Waals surface area (Å²) in [4.78, 5) is 15.5. The highest BCUT2D eigenvalue weighted by molar-refractivity contribution is 7.18. The minimum Gasteiger partial charge on any atom is -0.247 e. The molecule has 0 spiro atoms. The van der Waals surface area contributed by atoms with Crippen molar-refractivity contribution in [3.8, 4) is 0 Å². The van der Waals surface area contributed by atoms with E-state index in [4.69, 9.17) is 0 Å². The Balaban J connectivity index is 0. The molecule has 0 aliphatic heterocycles. The van der Waals surface area contributed by atoms with Crippen molar-refractivity contribution >= 4 is 89.5 Å². The predicted octanol–water partition coefficient (Wildman–Crippen LogP) is 17.6. The lowest BCUT2D eigenvalue weighted by Crippen LogP contribution is -1.73. The molecule has 0 fully saturated rings. The van der Waals surface area contributed by atoms with Gasteiger partial charge >= 0.3 is 0 Å². The summed E-state index contributed by atoms with van der Waals surface area (Å²) in [5.41, 5.74) is 8.86. The van der Waals surface area contributed by atoms with Crippen molar-refractivity contribution in [2.45, 2.75) is 152 Å². The molecule has 0 saturated heterocycles. The number of rotatable bonds is 0. The van der Waals surface area contributed by atoms with Gasteiger partial charge in [-0.3, -0.25) is 0 Å². The third kappa shape index (κ3) is 21.5. The van der Waals surface area contributed by atoms with E-state index in [1.807, 2.05) is 145 Å². The topological polar surface area (TPSA) is 77.3 Å². The molecular weight excluding hydrogens is 853 g/mol. The molecule has 60 heavy (non-hydrogen) atoms. The Kier molecular flexibility index (Phi) is 32.7. The molecule has 0 saturated carbocycles. The average molecular weight is 928 g/mol. The van der Waals surface area contributed by atoms with Gasteiger partial charge in [-0.25, -0.2) is 9.97 Å². The van der Waals surface area contributed by atoms with Gasteiger partial charge < -0.3 is 0 Å². The lowest BCUT2D eigenvalue weighted by molar-refractivity contribution is 1.02. The molecule has 6 nitrogen and oxygen atoms in total. The van der Waals surface area contributed by atoms with Crippen molar-refractivity contribution in [3.63, 3.8) is 0 Å². The molecule has 0 amide bonds. The normalized spacial score (nSPS) is 9.17. The summed E-state index contributed by atoms with van der Waals surface area (Å²) in [6.07, 6.45) is 0. The first-order valence-electron chi connectivity index (χ1n) is 20.8. The van der Waals surface area contributed by atoms with Gasteiger partial charge in [-0.2, -0.15) is 8.75 Å². The summed E-state index contributed by atoms with van der Waals surface area (Å²) in [5, 5.41) is 13.2. The Hall–Kier alpha value is -3.26. The van der Waals surface area contributed by atoms with Crippen LogP contribution in [0.4, 0.5) is 0 Å². The van der Waals surface area contributed by atoms with E-state index in [1.165, 1.54) is 67.6 Å². The Morgan fingerprint density at radius 3 is 1.13 bits per heavy atom. The van der Waals surface area contributed by atoms with Crippen molar-refractivity contribution in [1.29, 1.82) is 0 Å². The number of nitrogens with zero attached hydrogens (tertiary/aromatic N) is 6. The summed E-state index contributed by atoms with van der Waals surface area (Å²) < 4.78 is 9.70. The molecule has 8 aromatic rings. The minimum atomic E-state index is 1.04. The van der Waals surface area contributed by atoms with E-state index in [0.717, 1.165) is 26.1 Å². The monoisotopic (exact) mass is 926 g/mol. The van der Waals surface area contributed by atoms with Gasteiger partial charge in [0.2, 0.25) is 0 Å². The van der Waals surface area contributed by atoms with E-state index in [-0.39, 0.29) is 0 Å². The quantitative estimate of drug-likeness (QED) is 0.151. The number of thiazole rings is 2. The maximum absolute atomic E-state index is 4.33. The summed E-state index contributed by atoms with van der Waals surface area (Å²) >= 11 is 10.2. The second-order valence-electron chi connectivity index (χ2n) is 12.1. The summed E-state index contributed by atoms with van der Waals surface area (Å²) in [7, 11) is 0. The second-order valence-corrected chi connectivity index (χ2v) is 19.5. The van der Waals surface area contributed by atoms with Crippen LogP contribution in [0.15, 0.2) is 48.5 Å². The molecule has 0 N–H and O–H groups in total. The lowest BCUT2D eigenvalue weighted by Gasteiger charge is -1.88. The largest absolute Gasteiger partial charge is 0.247 e. The Bertz CT molecular complexity index is 2160. The zero-order chi connectivity index (χ0) is 46.5. The van der Waals surface area contributed by atoms with E-state index in [2.05, 4.69) is 96.4 Å². The molecule has 0 aliphatic rings. The molecular formula is C48H74N6S6. The molecule has 0 aliphatic carbocycles. The van der Waals surface area contributed by atoms with E-state index >= 15 is 0 Å². The predicted molar refractivity (Wildman–Crippen MR) is 279 cm³/mol. The third-order valence-corrected chi connectivity index (χ3v) is 13.7. The maximum atomic E-state index is 4.33. The van der Waals surface area contributed by atoms with E-state index < -0.39 is 0 Å². The van der Waals surface area contributed by atoms with Gasteiger partial charge in [-0.1, -0.05) is 85.7 Å². The van der Waals surface area contributed by atoms with Crippen molar-refractivity contribution in [3.05, 3.63) is 121 Å². The summed E-state index contributed by atoms with van der Waals surface area (Å²) in [5.74, 6) is 0. The standard InChI is InChI=1S/2C8H7NS.C8H12S.2C6H9NS.C4H6N2S.4C2H6/c1-6-9-7-4-2-3-5-8(7)10-6;1-6-7-4-2-3-5-8(7)9-10-6;1-5-6(2)8(4)9-7(5)3;1-4-5(2)8-6(3)7-4;1-4-5(2)7-8-6(4)3;1-3-5-6-4(2)7-3;4*1-2/h2*2-5H,1H3;1-4H3;2*1-3H3;1-2H3;4*1-2H3. The van der Waals surface area contributed by atoms with Crippen molar-refractivity contribution in [2.75, 3.05) is 0 Å². The van der Waals surface area contributed by atoms with Gasteiger partial charge in [0.05, 0.1) is 37.1 Å². The van der Waals surface area contributed by atoms with Crippen LogP contribution in [-0.4, -0.2) is 28.9 Å². The molecule has 6 aromatic heterocycles. The summed E-state index contributed by atoms with van der Waals surface area (Å²) in [6.45, 7) is 45.2. The van der Waals surface area contributed by atoms with E-state index in [0.29, 0.717) is 0 Å². The van der Waals surface area contributed by atoms with Crippen LogP contribution in [0.2, 0.25) is 0 Å². The van der Waals surface area contributed by atoms with Gasteiger partial charge in [0.25, 0.3) is 0 Å². The van der Waals surface area contributed by atoms with Crippen LogP contribution in [0.1, 0.15) is 128 Å². The van der Waals surface area contributed by atoms with E-state index in [9.17, 15) is 0 Å².